The molecule has 0 saturated heterocycles. The first kappa shape index (κ1) is 15.3. The highest BCUT2D eigenvalue weighted by Gasteiger charge is 2.27. The topological polar surface area (TPSA) is 12.0 Å². The van der Waals surface area contributed by atoms with Gasteiger partial charge in [0.2, 0.25) is 0 Å². The predicted octanol–water partition coefficient (Wildman–Crippen LogP) is 5.05. The molecular weight excluding hydrogens is 218 g/mol. The van der Waals surface area contributed by atoms with Crippen molar-refractivity contribution in [3.8, 4) is 0 Å². The van der Waals surface area contributed by atoms with Gasteiger partial charge in [-0.15, -0.1) is 13.2 Å². The third-order valence-corrected chi connectivity index (χ3v) is 4.24. The Morgan fingerprint density at radius 2 is 1.78 bits per heavy atom. The number of allylic oxidation sites excluding steroid dienone is 2. The summed E-state index contributed by atoms with van der Waals surface area (Å²) in [7, 11) is 0. The molecule has 0 aromatic heterocycles. The van der Waals surface area contributed by atoms with Crippen LogP contribution in [-0.4, -0.2) is 6.04 Å². The van der Waals surface area contributed by atoms with Gasteiger partial charge < -0.3 is 5.32 Å². The molecule has 1 unspecified atom stereocenters. The lowest BCUT2D eigenvalue weighted by Crippen LogP contribution is -2.35. The van der Waals surface area contributed by atoms with E-state index in [0.717, 1.165) is 12.0 Å². The third kappa shape index (κ3) is 4.51. The fourth-order valence-electron chi connectivity index (χ4n) is 3.29. The van der Waals surface area contributed by atoms with Gasteiger partial charge >= 0.3 is 0 Å². The first-order valence-electron chi connectivity index (χ1n) is 7.53. The Labute approximate surface area is 114 Å². The highest BCUT2D eigenvalue weighted by molar-refractivity contribution is 5.11. The van der Waals surface area contributed by atoms with E-state index in [-0.39, 0.29) is 0 Å². The quantitative estimate of drug-likeness (QED) is 0.675. The zero-order chi connectivity index (χ0) is 13.6. The lowest BCUT2D eigenvalue weighted by atomic mass is 9.75. The van der Waals surface area contributed by atoms with Crippen LogP contribution in [0.1, 0.15) is 65.7 Å². The SMILES string of the molecule is C=C.CC1CC(C)(C)CC=C1NC1CCCCC1. The smallest absolute Gasteiger partial charge is 0.0258 e. The van der Waals surface area contributed by atoms with Crippen molar-refractivity contribution in [2.24, 2.45) is 11.3 Å². The molecule has 1 saturated carbocycles. The molecule has 2 aliphatic carbocycles. The van der Waals surface area contributed by atoms with Crippen LogP contribution in [0.3, 0.4) is 0 Å². The average molecular weight is 249 g/mol. The van der Waals surface area contributed by atoms with Crippen LogP contribution in [0.25, 0.3) is 0 Å². The van der Waals surface area contributed by atoms with Crippen molar-refractivity contribution in [2.45, 2.75) is 71.8 Å². The summed E-state index contributed by atoms with van der Waals surface area (Å²) in [5.74, 6) is 0.727. The van der Waals surface area contributed by atoms with Crippen molar-refractivity contribution in [2.75, 3.05) is 0 Å². The van der Waals surface area contributed by atoms with Crippen molar-refractivity contribution in [1.29, 1.82) is 0 Å². The van der Waals surface area contributed by atoms with E-state index < -0.39 is 0 Å². The Kier molecular flexibility index (Phi) is 5.98. The van der Waals surface area contributed by atoms with Crippen LogP contribution in [-0.2, 0) is 0 Å². The second-order valence-corrected chi connectivity index (χ2v) is 6.61. The molecule has 0 bridgehead atoms. The highest BCUT2D eigenvalue weighted by atomic mass is 14.9. The molecule has 0 radical (unpaired) electrons. The summed E-state index contributed by atoms with van der Waals surface area (Å²) in [6.07, 6.45) is 12.1. The molecule has 2 aliphatic rings. The fourth-order valence-corrected chi connectivity index (χ4v) is 3.29. The summed E-state index contributed by atoms with van der Waals surface area (Å²) in [6.45, 7) is 13.2. The van der Waals surface area contributed by atoms with E-state index >= 15 is 0 Å². The summed E-state index contributed by atoms with van der Waals surface area (Å²) >= 11 is 0. The Morgan fingerprint density at radius 1 is 1.17 bits per heavy atom. The van der Waals surface area contributed by atoms with Crippen LogP contribution < -0.4 is 5.32 Å². The molecule has 1 fully saturated rings. The minimum absolute atomic E-state index is 0.511. The van der Waals surface area contributed by atoms with Gasteiger partial charge in [0.1, 0.15) is 0 Å². The van der Waals surface area contributed by atoms with E-state index in [1.807, 2.05) is 0 Å². The molecule has 1 atom stereocenters. The van der Waals surface area contributed by atoms with Crippen molar-refractivity contribution >= 4 is 0 Å². The molecule has 1 N–H and O–H groups in total. The monoisotopic (exact) mass is 249 g/mol. The largest absolute Gasteiger partial charge is 0.386 e. The summed E-state index contributed by atoms with van der Waals surface area (Å²) in [6, 6.07) is 0.767. The lowest BCUT2D eigenvalue weighted by molar-refractivity contribution is 0.263. The molecule has 0 spiro atoms. The van der Waals surface area contributed by atoms with E-state index in [1.54, 1.807) is 0 Å². The van der Waals surface area contributed by atoms with Crippen LogP contribution in [0.15, 0.2) is 24.9 Å². The Hall–Kier alpha value is -0.720. The lowest BCUT2D eigenvalue weighted by Gasteiger charge is -2.36. The van der Waals surface area contributed by atoms with Gasteiger partial charge in [0, 0.05) is 11.7 Å². The minimum atomic E-state index is 0.511. The molecule has 0 aromatic rings. The van der Waals surface area contributed by atoms with Gasteiger partial charge in [0.15, 0.2) is 0 Å². The van der Waals surface area contributed by atoms with Crippen LogP contribution >= 0.6 is 0 Å². The van der Waals surface area contributed by atoms with Crippen LogP contribution in [0, 0.1) is 11.3 Å². The predicted molar refractivity (Wildman–Crippen MR) is 81.5 cm³/mol. The molecule has 1 heteroatoms. The van der Waals surface area contributed by atoms with E-state index in [1.165, 1.54) is 50.6 Å². The Balaban J connectivity index is 0.000000771. The van der Waals surface area contributed by atoms with E-state index in [0.29, 0.717) is 5.41 Å². The molecule has 1 nitrogen and oxygen atoms in total. The molecule has 104 valence electrons. The van der Waals surface area contributed by atoms with Crippen LogP contribution in [0.4, 0.5) is 0 Å². The third-order valence-electron chi connectivity index (χ3n) is 4.24. The van der Waals surface area contributed by atoms with Crippen molar-refractivity contribution < 1.29 is 0 Å². The second-order valence-electron chi connectivity index (χ2n) is 6.61. The Bertz CT molecular complexity index is 271. The summed E-state index contributed by atoms with van der Waals surface area (Å²) in [5.41, 5.74) is 2.04. The molecule has 0 heterocycles. The van der Waals surface area contributed by atoms with E-state index in [4.69, 9.17) is 0 Å². The van der Waals surface area contributed by atoms with Gasteiger partial charge in [-0.3, -0.25) is 0 Å². The summed E-state index contributed by atoms with van der Waals surface area (Å²) in [5, 5.41) is 3.81. The fraction of sp³-hybridized carbons (Fsp3) is 0.765. The van der Waals surface area contributed by atoms with Crippen molar-refractivity contribution in [3.63, 3.8) is 0 Å². The molecule has 0 aliphatic heterocycles. The van der Waals surface area contributed by atoms with Gasteiger partial charge in [0.05, 0.1) is 0 Å². The molecule has 2 rings (SSSR count). The maximum absolute atomic E-state index is 3.81. The zero-order valence-electron chi connectivity index (χ0n) is 12.6. The molecule has 18 heavy (non-hydrogen) atoms. The van der Waals surface area contributed by atoms with Gasteiger partial charge in [0.25, 0.3) is 0 Å². The standard InChI is InChI=1S/C15H27N.C2H4/c1-12-11-15(2,3)10-9-14(12)16-13-7-5-4-6-8-13;1-2/h9,12-13,16H,4-8,10-11H2,1-3H3;1-2H2. The molecular formula is C17H31N. The number of nitrogens with one attached hydrogen (secondary N) is 1. The number of hydrogen-bond acceptors (Lipinski definition) is 1. The van der Waals surface area contributed by atoms with E-state index in [9.17, 15) is 0 Å². The Morgan fingerprint density at radius 3 is 2.33 bits per heavy atom. The first-order valence-corrected chi connectivity index (χ1v) is 7.53. The first-order chi connectivity index (χ1) is 8.57. The van der Waals surface area contributed by atoms with Crippen molar-refractivity contribution in [1.82, 2.24) is 5.32 Å². The van der Waals surface area contributed by atoms with Crippen molar-refractivity contribution in [3.05, 3.63) is 24.9 Å². The van der Waals surface area contributed by atoms with Gasteiger partial charge in [-0.1, -0.05) is 46.1 Å². The van der Waals surface area contributed by atoms with Gasteiger partial charge in [-0.05, 0) is 37.0 Å². The van der Waals surface area contributed by atoms with E-state index in [2.05, 4.69) is 45.3 Å². The van der Waals surface area contributed by atoms with Gasteiger partial charge in [-0.25, -0.2) is 0 Å². The summed E-state index contributed by atoms with van der Waals surface area (Å²) < 4.78 is 0. The molecule has 0 amide bonds. The van der Waals surface area contributed by atoms with Gasteiger partial charge in [-0.2, -0.15) is 0 Å². The number of hydrogen-bond donors (Lipinski definition) is 1. The van der Waals surface area contributed by atoms with Crippen LogP contribution in [0.2, 0.25) is 0 Å². The molecule has 0 aromatic carbocycles. The zero-order valence-corrected chi connectivity index (χ0v) is 12.6. The van der Waals surface area contributed by atoms with Crippen LogP contribution in [0.5, 0.6) is 0 Å². The maximum Gasteiger partial charge on any atom is 0.0258 e. The summed E-state index contributed by atoms with van der Waals surface area (Å²) in [4.78, 5) is 0. The average Bonchev–Trinajstić information content (AvgIpc) is 2.36. The second kappa shape index (κ2) is 7.01. The number of rotatable bonds is 2. The normalized spacial score (nSPS) is 27.7. The maximum atomic E-state index is 3.81. The highest BCUT2D eigenvalue weighted by Crippen LogP contribution is 2.37. The minimum Gasteiger partial charge on any atom is -0.386 e.